The molecule has 0 bridgehead atoms. The minimum absolute atomic E-state index is 0. The molecule has 9 nitrogen and oxygen atoms in total. The Morgan fingerprint density at radius 2 is 0.552 bits per heavy atom. The maximum atomic E-state index is 8.55. The van der Waals surface area contributed by atoms with Crippen LogP contribution in [-0.2, 0) is 9.13 Å². The molecular formula is C18H42O9P2-6. The van der Waals surface area contributed by atoms with E-state index >= 15 is 0 Å². The minimum atomic E-state index is -5.39. The molecule has 0 saturated carbocycles. The topological polar surface area (TPSA) is 204 Å². The van der Waals surface area contributed by atoms with Crippen molar-refractivity contribution in [2.24, 2.45) is 0 Å². The maximum Gasteiger partial charge on any atom is -0.0533 e. The van der Waals surface area contributed by atoms with E-state index in [1.165, 1.54) is 96.3 Å². The molecule has 0 rings (SSSR count). The molecule has 11 heteroatoms. The lowest BCUT2D eigenvalue weighted by molar-refractivity contribution is -0.434. The molecule has 0 radical (unpaired) electrons. The van der Waals surface area contributed by atoms with Crippen LogP contribution in [-0.4, -0.2) is 5.48 Å². The number of unbranched alkanes of at least 4 members (excludes halogenated alkanes) is 14. The molecule has 0 aromatic carbocycles. The van der Waals surface area contributed by atoms with Crippen molar-refractivity contribution in [3.8, 4) is 0 Å². The predicted octanol–water partition coefficient (Wildman–Crippen LogP) is 1.04. The molecule has 0 aromatic heterocycles. The Kier molecular flexibility index (Phi) is 38.5. The van der Waals surface area contributed by atoms with Crippen LogP contribution in [0.15, 0.2) is 0 Å². The van der Waals surface area contributed by atoms with Gasteiger partial charge in [0.1, 0.15) is 0 Å². The zero-order valence-corrected chi connectivity index (χ0v) is 19.1. The quantitative estimate of drug-likeness (QED) is 0.267. The third-order valence-electron chi connectivity index (χ3n) is 3.71. The fraction of sp³-hybridized carbons (Fsp3) is 1.00. The SMILES string of the molecule is C.CCCCCCCCCCCCCCCCC.O.O=P([O-])([O-])[O-].O=P([O-])([O-])[O-]. The highest BCUT2D eigenvalue weighted by molar-refractivity contribution is 7.40. The van der Waals surface area contributed by atoms with Crippen molar-refractivity contribution < 1.29 is 44.0 Å². The third kappa shape index (κ3) is 96.1. The monoisotopic (exact) mass is 464 g/mol. The second-order valence-electron chi connectivity index (χ2n) is 6.49. The van der Waals surface area contributed by atoms with Gasteiger partial charge in [0.2, 0.25) is 0 Å². The summed E-state index contributed by atoms with van der Waals surface area (Å²) in [6.45, 7) is 4.58. The molecule has 0 aliphatic rings. The molecule has 29 heavy (non-hydrogen) atoms. The van der Waals surface area contributed by atoms with Crippen LogP contribution in [0.25, 0.3) is 0 Å². The van der Waals surface area contributed by atoms with Crippen LogP contribution < -0.4 is 29.4 Å². The van der Waals surface area contributed by atoms with E-state index in [9.17, 15) is 0 Å². The summed E-state index contributed by atoms with van der Waals surface area (Å²) in [5.74, 6) is 0. The van der Waals surface area contributed by atoms with Crippen LogP contribution in [0.4, 0.5) is 0 Å². The van der Waals surface area contributed by atoms with Crippen molar-refractivity contribution >= 4 is 15.6 Å². The van der Waals surface area contributed by atoms with Gasteiger partial charge in [-0.15, -0.1) is 0 Å². The van der Waals surface area contributed by atoms with E-state index in [0.29, 0.717) is 0 Å². The first-order valence-electron chi connectivity index (χ1n) is 9.87. The summed E-state index contributed by atoms with van der Waals surface area (Å²) in [5.41, 5.74) is 0. The summed E-state index contributed by atoms with van der Waals surface area (Å²) in [4.78, 5) is 51.3. The number of hydrogen-bond donors (Lipinski definition) is 0. The highest BCUT2D eigenvalue weighted by Gasteiger charge is 1.93. The van der Waals surface area contributed by atoms with E-state index in [0.717, 1.165) is 0 Å². The van der Waals surface area contributed by atoms with Crippen LogP contribution in [0.1, 0.15) is 118 Å². The first-order chi connectivity index (χ1) is 12.4. The molecule has 0 fully saturated rings. The van der Waals surface area contributed by atoms with Gasteiger partial charge in [-0.2, -0.15) is 15.6 Å². The third-order valence-corrected chi connectivity index (χ3v) is 3.71. The first kappa shape index (κ1) is 39.6. The lowest BCUT2D eigenvalue weighted by Crippen LogP contribution is -2.24. The lowest BCUT2D eigenvalue weighted by atomic mass is 10.0. The average Bonchev–Trinajstić information content (AvgIpc) is 2.49. The van der Waals surface area contributed by atoms with Crippen molar-refractivity contribution in [1.29, 1.82) is 0 Å². The maximum absolute atomic E-state index is 8.55. The smallest absolute Gasteiger partial charge is 0.0533 e. The van der Waals surface area contributed by atoms with Crippen molar-refractivity contribution in [1.82, 2.24) is 0 Å². The van der Waals surface area contributed by atoms with E-state index in [1.807, 2.05) is 0 Å². The Balaban J connectivity index is -0.000000133. The Morgan fingerprint density at radius 3 is 0.655 bits per heavy atom. The average molecular weight is 464 g/mol. The minimum Gasteiger partial charge on any atom is -0.822 e. The van der Waals surface area contributed by atoms with Crippen LogP contribution in [0.3, 0.4) is 0 Å². The van der Waals surface area contributed by atoms with E-state index in [2.05, 4.69) is 13.8 Å². The van der Waals surface area contributed by atoms with Gasteiger partial charge in [-0.25, -0.2) is 0 Å². The summed E-state index contributed by atoms with van der Waals surface area (Å²) in [7, 11) is -10.8. The number of rotatable bonds is 14. The Labute approximate surface area is 177 Å². The molecule has 0 aliphatic heterocycles. The second kappa shape index (κ2) is 28.2. The molecule has 0 atom stereocenters. The largest absolute Gasteiger partial charge is 0.822 e. The first-order valence-corrected chi connectivity index (χ1v) is 12.8. The summed E-state index contributed by atoms with van der Waals surface area (Å²) < 4.78 is 17.1. The predicted molar refractivity (Wildman–Crippen MR) is 106 cm³/mol. The van der Waals surface area contributed by atoms with Crippen LogP contribution in [0, 0.1) is 0 Å². The highest BCUT2D eigenvalue weighted by Crippen LogP contribution is 2.13. The normalized spacial score (nSPS) is 10.5. The molecule has 0 unspecified atom stereocenters. The van der Waals surface area contributed by atoms with Crippen LogP contribution >= 0.6 is 15.6 Å². The standard InChI is InChI=1S/C17H36.CH4.2H3O4P.H2O/c1-3-5-7-9-11-13-15-17-16-14-12-10-8-6-4-2;;2*1-5(2,3)4;/h3-17H2,1-2H3;1H4;2*(H3,1,2,3,4);1H2/p-6. The molecule has 0 aromatic rings. The van der Waals surface area contributed by atoms with Crippen molar-refractivity contribution in [2.45, 2.75) is 118 Å². The number of hydrogen-bond acceptors (Lipinski definition) is 8. The summed E-state index contributed by atoms with van der Waals surface area (Å²) in [5, 5.41) is 0. The van der Waals surface area contributed by atoms with Crippen LogP contribution in [0.2, 0.25) is 0 Å². The van der Waals surface area contributed by atoms with Crippen molar-refractivity contribution in [3.05, 3.63) is 0 Å². The van der Waals surface area contributed by atoms with Gasteiger partial charge in [0.05, 0.1) is 0 Å². The molecule has 0 heterocycles. The molecule has 184 valence electrons. The molecular weight excluding hydrogens is 422 g/mol. The fourth-order valence-corrected chi connectivity index (χ4v) is 2.44. The van der Waals surface area contributed by atoms with Gasteiger partial charge < -0.3 is 44.0 Å². The van der Waals surface area contributed by atoms with Gasteiger partial charge in [0, 0.05) is 0 Å². The van der Waals surface area contributed by atoms with E-state index in [1.54, 1.807) is 0 Å². The van der Waals surface area contributed by atoms with Crippen molar-refractivity contribution in [2.75, 3.05) is 0 Å². The molecule has 0 saturated heterocycles. The highest BCUT2D eigenvalue weighted by atomic mass is 31.2. The second-order valence-corrected chi connectivity index (χ2v) is 8.28. The van der Waals surface area contributed by atoms with Gasteiger partial charge in [-0.1, -0.05) is 118 Å². The van der Waals surface area contributed by atoms with Gasteiger partial charge >= 0.3 is 0 Å². The van der Waals surface area contributed by atoms with E-state index in [-0.39, 0.29) is 12.9 Å². The molecule has 0 spiro atoms. The van der Waals surface area contributed by atoms with Gasteiger partial charge in [-0.05, 0) is 0 Å². The van der Waals surface area contributed by atoms with Gasteiger partial charge in [0.15, 0.2) is 0 Å². The zero-order valence-electron chi connectivity index (χ0n) is 17.3. The summed E-state index contributed by atoms with van der Waals surface area (Å²) in [6, 6.07) is 0. The summed E-state index contributed by atoms with van der Waals surface area (Å²) in [6.07, 6.45) is 21.9. The lowest BCUT2D eigenvalue weighted by Gasteiger charge is -2.36. The van der Waals surface area contributed by atoms with E-state index in [4.69, 9.17) is 38.5 Å². The Hall–Kier alpha value is 0.180. The van der Waals surface area contributed by atoms with Gasteiger partial charge in [0.25, 0.3) is 0 Å². The van der Waals surface area contributed by atoms with Crippen LogP contribution in [0.5, 0.6) is 0 Å². The molecule has 2 N–H and O–H groups in total. The van der Waals surface area contributed by atoms with Gasteiger partial charge in [-0.3, -0.25) is 0 Å². The Morgan fingerprint density at radius 1 is 0.448 bits per heavy atom. The fourth-order valence-electron chi connectivity index (χ4n) is 2.44. The molecule has 0 amide bonds. The number of phosphoric acid groups is 2. The van der Waals surface area contributed by atoms with Crippen molar-refractivity contribution in [3.63, 3.8) is 0 Å². The molecule has 0 aliphatic carbocycles. The zero-order chi connectivity index (χ0) is 21.6. The summed E-state index contributed by atoms with van der Waals surface area (Å²) >= 11 is 0. The Bertz CT molecular complexity index is 320. The van der Waals surface area contributed by atoms with E-state index < -0.39 is 15.6 Å².